The summed E-state index contributed by atoms with van der Waals surface area (Å²) in [5.41, 5.74) is 7.79. The first-order valence-electron chi connectivity index (χ1n) is 7.67. The van der Waals surface area contributed by atoms with E-state index < -0.39 is 5.25 Å². The third-order valence-corrected chi connectivity index (χ3v) is 4.78. The number of nitrogen functional groups attached to an aromatic ring is 1. The minimum absolute atomic E-state index is 0.290. The minimum Gasteiger partial charge on any atom is -0.493 e. The molecule has 7 heteroatoms. The van der Waals surface area contributed by atoms with Crippen LogP contribution in [-0.4, -0.2) is 33.4 Å². The topological polar surface area (TPSA) is 94.6 Å². The monoisotopic (exact) mass is 372 g/mol. The molecular formula is C19H20N2O4S. The van der Waals surface area contributed by atoms with E-state index in [1.54, 1.807) is 30.3 Å². The van der Waals surface area contributed by atoms with Crippen molar-refractivity contribution in [3.8, 4) is 23.3 Å². The zero-order valence-corrected chi connectivity index (χ0v) is 15.8. The van der Waals surface area contributed by atoms with Gasteiger partial charge in [0.25, 0.3) is 0 Å². The largest absolute Gasteiger partial charge is 0.493 e. The van der Waals surface area contributed by atoms with E-state index in [2.05, 4.69) is 6.07 Å². The number of ether oxygens (including phenoxy) is 3. The highest BCUT2D eigenvalue weighted by Crippen LogP contribution is 2.39. The molecule has 0 spiro atoms. The van der Waals surface area contributed by atoms with E-state index in [4.69, 9.17) is 19.9 Å². The van der Waals surface area contributed by atoms with Crippen molar-refractivity contribution in [3.63, 3.8) is 0 Å². The normalized spacial score (nSPS) is 11.3. The van der Waals surface area contributed by atoms with Crippen LogP contribution < -0.4 is 19.9 Å². The van der Waals surface area contributed by atoms with Crippen LogP contribution in [0.5, 0.6) is 17.2 Å². The molecule has 0 aliphatic rings. The van der Waals surface area contributed by atoms with Crippen molar-refractivity contribution in [3.05, 3.63) is 47.0 Å². The van der Waals surface area contributed by atoms with Crippen molar-refractivity contribution in [1.29, 1.82) is 5.26 Å². The second-order valence-corrected chi connectivity index (χ2v) is 6.24. The lowest BCUT2D eigenvalue weighted by atomic mass is 9.97. The zero-order valence-electron chi connectivity index (χ0n) is 15.0. The summed E-state index contributed by atoms with van der Waals surface area (Å²) in [6, 6.07) is 10.4. The number of nitriles is 1. The van der Waals surface area contributed by atoms with E-state index in [9.17, 15) is 10.1 Å². The van der Waals surface area contributed by atoms with E-state index in [1.165, 1.54) is 33.1 Å². The van der Waals surface area contributed by atoms with Crippen molar-refractivity contribution in [2.24, 2.45) is 0 Å². The van der Waals surface area contributed by atoms with Crippen molar-refractivity contribution in [2.45, 2.75) is 5.25 Å². The molecule has 0 saturated heterocycles. The molecule has 6 nitrogen and oxygen atoms in total. The number of methoxy groups -OCH3 is 3. The van der Waals surface area contributed by atoms with Gasteiger partial charge in [-0.2, -0.15) is 5.26 Å². The molecule has 0 radical (unpaired) electrons. The lowest BCUT2D eigenvalue weighted by molar-refractivity contribution is 0.103. The number of hydrogen-bond donors (Lipinski definition) is 1. The van der Waals surface area contributed by atoms with Gasteiger partial charge in [-0.1, -0.05) is 12.1 Å². The Morgan fingerprint density at radius 1 is 1.15 bits per heavy atom. The van der Waals surface area contributed by atoms with Crippen molar-refractivity contribution in [1.82, 2.24) is 0 Å². The first-order valence-corrected chi connectivity index (χ1v) is 8.96. The van der Waals surface area contributed by atoms with Crippen molar-refractivity contribution >= 4 is 23.2 Å². The molecule has 0 bridgehead atoms. The molecule has 2 rings (SSSR count). The number of nitrogens with zero attached hydrogens (tertiary/aromatic N) is 1. The highest BCUT2D eigenvalue weighted by Gasteiger charge is 2.22. The number of nitrogens with two attached hydrogens (primary N) is 1. The summed E-state index contributed by atoms with van der Waals surface area (Å²) in [7, 11) is 4.46. The Hall–Kier alpha value is -2.85. The van der Waals surface area contributed by atoms with Gasteiger partial charge in [0.2, 0.25) is 5.75 Å². The van der Waals surface area contributed by atoms with Gasteiger partial charge in [-0.25, -0.2) is 0 Å². The summed E-state index contributed by atoms with van der Waals surface area (Å²) >= 11 is 1.36. The maximum atomic E-state index is 13.0. The number of hydrogen-bond acceptors (Lipinski definition) is 7. The lowest BCUT2D eigenvalue weighted by Crippen LogP contribution is -2.09. The van der Waals surface area contributed by atoms with Crippen LogP contribution in [0.25, 0.3) is 0 Å². The quantitative estimate of drug-likeness (QED) is 0.587. The van der Waals surface area contributed by atoms with Gasteiger partial charge in [0.1, 0.15) is 5.25 Å². The predicted octanol–water partition coefficient (Wildman–Crippen LogP) is 3.45. The van der Waals surface area contributed by atoms with Gasteiger partial charge in [0.15, 0.2) is 17.3 Å². The Labute approximate surface area is 156 Å². The first-order chi connectivity index (χ1) is 12.5. The standard InChI is InChI=1S/C19H20N2O4S/c1-23-14-8-11(9-15(24-2)19(14)25-3)18(22)13-7-5-6-12(17(13)21)16(10-20)26-4/h5-9,16H,21H2,1-4H3. The average Bonchev–Trinajstić information content (AvgIpc) is 2.68. The van der Waals surface area contributed by atoms with E-state index in [0.717, 1.165) is 0 Å². The molecule has 26 heavy (non-hydrogen) atoms. The molecule has 2 aromatic carbocycles. The Morgan fingerprint density at radius 2 is 1.77 bits per heavy atom. The number of thioether (sulfide) groups is 1. The Kier molecular flexibility index (Phi) is 6.36. The van der Waals surface area contributed by atoms with Crippen LogP contribution in [0.2, 0.25) is 0 Å². The molecule has 1 unspecified atom stereocenters. The molecule has 2 aromatic rings. The molecular weight excluding hydrogens is 352 g/mol. The Bertz CT molecular complexity index is 836. The Balaban J connectivity index is 2.57. The summed E-state index contributed by atoms with van der Waals surface area (Å²) in [4.78, 5) is 13.0. The van der Waals surface area contributed by atoms with E-state index in [-0.39, 0.29) is 5.78 Å². The highest BCUT2D eigenvalue weighted by atomic mass is 32.2. The summed E-state index contributed by atoms with van der Waals surface area (Å²) in [6.45, 7) is 0. The summed E-state index contributed by atoms with van der Waals surface area (Å²) in [6.07, 6.45) is 1.82. The molecule has 136 valence electrons. The SMILES string of the molecule is COc1cc(C(=O)c2cccc(C(C#N)SC)c2N)cc(OC)c1OC. The van der Waals surface area contributed by atoms with Crippen LogP contribution in [0.1, 0.15) is 26.7 Å². The number of carbonyl (C=O) groups excluding carboxylic acids is 1. The van der Waals surface area contributed by atoms with Crippen LogP contribution in [-0.2, 0) is 0 Å². The summed E-state index contributed by atoms with van der Waals surface area (Å²) in [5.74, 6) is 0.870. The number of ketones is 1. The molecule has 0 heterocycles. The zero-order chi connectivity index (χ0) is 19.3. The number of para-hydroxylation sites is 1. The Morgan fingerprint density at radius 3 is 2.23 bits per heavy atom. The number of rotatable bonds is 7. The van der Waals surface area contributed by atoms with E-state index >= 15 is 0 Å². The predicted molar refractivity (Wildman–Crippen MR) is 102 cm³/mol. The van der Waals surface area contributed by atoms with Crippen LogP contribution in [0.3, 0.4) is 0 Å². The fourth-order valence-corrected chi connectivity index (χ4v) is 3.19. The third-order valence-electron chi connectivity index (χ3n) is 3.95. The van der Waals surface area contributed by atoms with Crippen LogP contribution in [0.4, 0.5) is 5.69 Å². The second kappa shape index (κ2) is 8.50. The van der Waals surface area contributed by atoms with Gasteiger partial charge < -0.3 is 19.9 Å². The second-order valence-electron chi connectivity index (χ2n) is 5.30. The first kappa shape index (κ1) is 19.5. The fourth-order valence-electron chi connectivity index (χ4n) is 2.63. The van der Waals surface area contributed by atoms with Crippen LogP contribution in [0, 0.1) is 11.3 Å². The molecule has 2 N–H and O–H groups in total. The van der Waals surface area contributed by atoms with Gasteiger partial charge in [0, 0.05) is 22.4 Å². The number of anilines is 1. The van der Waals surface area contributed by atoms with Crippen LogP contribution in [0.15, 0.2) is 30.3 Å². The maximum Gasteiger partial charge on any atom is 0.203 e. The molecule has 0 aliphatic heterocycles. The van der Waals surface area contributed by atoms with Gasteiger partial charge in [0.05, 0.1) is 27.4 Å². The van der Waals surface area contributed by atoms with Crippen LogP contribution >= 0.6 is 11.8 Å². The number of benzene rings is 2. The number of carbonyl (C=O) groups is 1. The highest BCUT2D eigenvalue weighted by molar-refractivity contribution is 7.99. The molecule has 0 aliphatic carbocycles. The lowest BCUT2D eigenvalue weighted by Gasteiger charge is -2.15. The molecule has 0 fully saturated rings. The summed E-state index contributed by atoms with van der Waals surface area (Å²) < 4.78 is 15.9. The molecule has 1 atom stereocenters. The molecule has 0 aromatic heterocycles. The average molecular weight is 372 g/mol. The van der Waals surface area contributed by atoms with Gasteiger partial charge >= 0.3 is 0 Å². The molecule has 0 saturated carbocycles. The van der Waals surface area contributed by atoms with Crippen molar-refractivity contribution in [2.75, 3.05) is 33.3 Å². The van der Waals surface area contributed by atoms with Gasteiger partial charge in [-0.3, -0.25) is 4.79 Å². The smallest absolute Gasteiger partial charge is 0.203 e. The minimum atomic E-state index is -0.442. The third kappa shape index (κ3) is 3.55. The van der Waals surface area contributed by atoms with E-state index in [1.807, 2.05) is 6.26 Å². The van der Waals surface area contributed by atoms with Gasteiger partial charge in [-0.05, 0) is 24.5 Å². The van der Waals surface area contributed by atoms with Crippen molar-refractivity contribution < 1.29 is 19.0 Å². The summed E-state index contributed by atoms with van der Waals surface area (Å²) in [5, 5.41) is 8.84. The van der Waals surface area contributed by atoms with Gasteiger partial charge in [-0.15, -0.1) is 11.8 Å². The fraction of sp³-hybridized carbons (Fsp3) is 0.263. The van der Waals surface area contributed by atoms with E-state index in [0.29, 0.717) is 39.6 Å². The maximum absolute atomic E-state index is 13.0. The molecule has 0 amide bonds.